The zero-order chi connectivity index (χ0) is 15.9. The summed E-state index contributed by atoms with van der Waals surface area (Å²) < 4.78 is 15.4. The summed E-state index contributed by atoms with van der Waals surface area (Å²) in [6, 6.07) is 5.85. The number of hydrogen-bond acceptors (Lipinski definition) is 2. The Morgan fingerprint density at radius 2 is 2.14 bits per heavy atom. The van der Waals surface area contributed by atoms with Gasteiger partial charge in [0.2, 0.25) is 0 Å². The van der Waals surface area contributed by atoms with E-state index in [1.165, 1.54) is 17.8 Å². The first kappa shape index (κ1) is 14.8. The molecule has 1 aromatic heterocycles. The average molecular weight is 301 g/mol. The van der Waals surface area contributed by atoms with Crippen LogP contribution in [0.15, 0.2) is 24.3 Å². The van der Waals surface area contributed by atoms with Gasteiger partial charge in [0.05, 0.1) is 12.2 Å². The largest absolute Gasteiger partial charge is 0.334 e. The first-order chi connectivity index (χ1) is 10.5. The number of fused-ring (bicyclic) bond motifs is 1. The Morgan fingerprint density at radius 3 is 2.82 bits per heavy atom. The highest BCUT2D eigenvalue weighted by atomic mass is 19.1. The molecule has 0 N–H and O–H groups in total. The molecule has 1 aromatic carbocycles. The first-order valence-electron chi connectivity index (χ1n) is 7.56. The van der Waals surface area contributed by atoms with E-state index in [2.05, 4.69) is 23.4 Å². The van der Waals surface area contributed by atoms with Crippen molar-refractivity contribution in [2.24, 2.45) is 7.05 Å². The second-order valence-electron chi connectivity index (χ2n) is 6.06. The SMILES string of the molecule is CC(C)c1nc2c(n1C)CCN(C(=O)c1cccc(F)c1)C2. The third kappa shape index (κ3) is 2.51. The van der Waals surface area contributed by atoms with Crippen LogP contribution in [0.3, 0.4) is 0 Å². The van der Waals surface area contributed by atoms with Gasteiger partial charge >= 0.3 is 0 Å². The lowest BCUT2D eigenvalue weighted by Crippen LogP contribution is -2.36. The molecule has 1 amide bonds. The molecular formula is C17H20FN3O. The normalized spacial score (nSPS) is 14.3. The maximum atomic E-state index is 13.3. The Kier molecular flexibility index (Phi) is 3.72. The summed E-state index contributed by atoms with van der Waals surface area (Å²) in [6.07, 6.45) is 0.784. The van der Waals surface area contributed by atoms with Gasteiger partial charge in [-0.25, -0.2) is 9.37 Å². The molecule has 22 heavy (non-hydrogen) atoms. The number of amides is 1. The van der Waals surface area contributed by atoms with Crippen molar-refractivity contribution in [3.05, 3.63) is 52.9 Å². The van der Waals surface area contributed by atoms with Crippen LogP contribution in [0, 0.1) is 5.82 Å². The van der Waals surface area contributed by atoms with Gasteiger partial charge in [-0.3, -0.25) is 4.79 Å². The van der Waals surface area contributed by atoms with Gasteiger partial charge in [-0.05, 0) is 18.2 Å². The average Bonchev–Trinajstić information content (AvgIpc) is 2.83. The summed E-state index contributed by atoms with van der Waals surface area (Å²) in [5.74, 6) is 0.874. The molecule has 3 rings (SSSR count). The van der Waals surface area contributed by atoms with Crippen LogP contribution < -0.4 is 0 Å². The minimum atomic E-state index is -0.386. The fourth-order valence-electron chi connectivity index (χ4n) is 3.04. The molecule has 0 bridgehead atoms. The molecule has 0 saturated carbocycles. The third-order valence-corrected chi connectivity index (χ3v) is 4.17. The van der Waals surface area contributed by atoms with E-state index in [9.17, 15) is 9.18 Å². The van der Waals surface area contributed by atoms with Gasteiger partial charge in [0.15, 0.2) is 0 Å². The lowest BCUT2D eigenvalue weighted by Gasteiger charge is -2.27. The number of carbonyl (C=O) groups excluding carboxylic acids is 1. The van der Waals surface area contributed by atoms with Crippen LogP contribution in [-0.4, -0.2) is 26.9 Å². The Hall–Kier alpha value is -2.17. The van der Waals surface area contributed by atoms with E-state index < -0.39 is 0 Å². The highest BCUT2D eigenvalue weighted by molar-refractivity contribution is 5.94. The maximum absolute atomic E-state index is 13.3. The molecule has 5 heteroatoms. The number of benzene rings is 1. The quantitative estimate of drug-likeness (QED) is 0.855. The van der Waals surface area contributed by atoms with Crippen LogP contribution in [0.5, 0.6) is 0 Å². The Labute approximate surface area is 129 Å². The van der Waals surface area contributed by atoms with E-state index in [0.29, 0.717) is 24.6 Å². The molecule has 116 valence electrons. The van der Waals surface area contributed by atoms with Crippen LogP contribution in [-0.2, 0) is 20.0 Å². The number of halogens is 1. The van der Waals surface area contributed by atoms with Gasteiger partial charge in [-0.15, -0.1) is 0 Å². The van der Waals surface area contributed by atoms with Crippen LogP contribution >= 0.6 is 0 Å². The molecule has 0 saturated heterocycles. The molecule has 0 fully saturated rings. The fourth-order valence-corrected chi connectivity index (χ4v) is 3.04. The van der Waals surface area contributed by atoms with Crippen molar-refractivity contribution in [3.8, 4) is 0 Å². The van der Waals surface area contributed by atoms with Gasteiger partial charge in [-0.1, -0.05) is 19.9 Å². The second-order valence-corrected chi connectivity index (χ2v) is 6.06. The van der Waals surface area contributed by atoms with Crippen molar-refractivity contribution >= 4 is 5.91 Å². The molecule has 1 aliphatic rings. The van der Waals surface area contributed by atoms with Gasteiger partial charge in [0.25, 0.3) is 5.91 Å². The van der Waals surface area contributed by atoms with Gasteiger partial charge in [-0.2, -0.15) is 0 Å². The third-order valence-electron chi connectivity index (χ3n) is 4.17. The van der Waals surface area contributed by atoms with Gasteiger partial charge in [0.1, 0.15) is 11.6 Å². The number of rotatable bonds is 2. The maximum Gasteiger partial charge on any atom is 0.254 e. The molecule has 4 nitrogen and oxygen atoms in total. The summed E-state index contributed by atoms with van der Waals surface area (Å²) in [7, 11) is 2.03. The van der Waals surface area contributed by atoms with Crippen molar-refractivity contribution in [3.63, 3.8) is 0 Å². The Balaban J connectivity index is 1.85. The van der Waals surface area contributed by atoms with Crippen molar-refractivity contribution in [1.82, 2.24) is 14.5 Å². The van der Waals surface area contributed by atoms with Crippen molar-refractivity contribution in [2.45, 2.75) is 32.7 Å². The monoisotopic (exact) mass is 301 g/mol. The van der Waals surface area contributed by atoms with Crippen LogP contribution in [0.1, 0.15) is 47.3 Å². The smallest absolute Gasteiger partial charge is 0.254 e. The number of hydrogen-bond donors (Lipinski definition) is 0. The molecule has 0 spiro atoms. The second kappa shape index (κ2) is 5.55. The number of nitrogens with zero attached hydrogens (tertiary/aromatic N) is 3. The lowest BCUT2D eigenvalue weighted by atomic mass is 10.1. The molecule has 2 heterocycles. The van der Waals surface area contributed by atoms with E-state index >= 15 is 0 Å². The predicted octanol–water partition coefficient (Wildman–Crippen LogP) is 2.88. The van der Waals surface area contributed by atoms with Crippen LogP contribution in [0.2, 0.25) is 0 Å². The van der Waals surface area contributed by atoms with E-state index in [1.807, 2.05) is 7.05 Å². The zero-order valence-corrected chi connectivity index (χ0v) is 13.1. The zero-order valence-electron chi connectivity index (χ0n) is 13.1. The fraction of sp³-hybridized carbons (Fsp3) is 0.412. The molecule has 0 atom stereocenters. The lowest BCUT2D eigenvalue weighted by molar-refractivity contribution is 0.0730. The summed E-state index contributed by atoms with van der Waals surface area (Å²) >= 11 is 0. The Morgan fingerprint density at radius 1 is 1.36 bits per heavy atom. The molecular weight excluding hydrogens is 281 g/mol. The van der Waals surface area contributed by atoms with Crippen molar-refractivity contribution in [1.29, 1.82) is 0 Å². The first-order valence-corrected chi connectivity index (χ1v) is 7.56. The standard InChI is InChI=1S/C17H20FN3O/c1-11(2)16-19-14-10-21(8-7-15(14)20(16)3)17(22)12-5-4-6-13(18)9-12/h4-6,9,11H,7-8,10H2,1-3H3. The number of aromatic nitrogens is 2. The molecule has 2 aromatic rings. The van der Waals surface area contributed by atoms with Crippen molar-refractivity contribution in [2.75, 3.05) is 6.54 Å². The molecule has 0 radical (unpaired) electrons. The van der Waals surface area contributed by atoms with Crippen molar-refractivity contribution < 1.29 is 9.18 Å². The molecule has 0 aliphatic carbocycles. The minimum absolute atomic E-state index is 0.137. The highest BCUT2D eigenvalue weighted by Gasteiger charge is 2.26. The number of carbonyl (C=O) groups is 1. The number of imidazole rings is 1. The molecule has 1 aliphatic heterocycles. The summed E-state index contributed by atoms with van der Waals surface area (Å²) in [5, 5.41) is 0. The highest BCUT2D eigenvalue weighted by Crippen LogP contribution is 2.24. The minimum Gasteiger partial charge on any atom is -0.334 e. The van der Waals surface area contributed by atoms with Crippen LogP contribution in [0.4, 0.5) is 4.39 Å². The summed E-state index contributed by atoms with van der Waals surface area (Å²) in [4.78, 5) is 18.9. The van der Waals surface area contributed by atoms with E-state index in [1.54, 1.807) is 17.0 Å². The van der Waals surface area contributed by atoms with E-state index in [4.69, 9.17) is 0 Å². The van der Waals surface area contributed by atoms with E-state index in [0.717, 1.165) is 17.9 Å². The summed E-state index contributed by atoms with van der Waals surface area (Å²) in [5.41, 5.74) is 2.55. The predicted molar refractivity (Wildman–Crippen MR) is 82.1 cm³/mol. The molecule has 0 unspecified atom stereocenters. The van der Waals surface area contributed by atoms with Gasteiger partial charge in [0, 0.05) is 37.2 Å². The Bertz CT molecular complexity index is 721. The van der Waals surface area contributed by atoms with E-state index in [-0.39, 0.29) is 11.7 Å². The summed E-state index contributed by atoms with van der Waals surface area (Å²) in [6.45, 7) is 5.36. The van der Waals surface area contributed by atoms with Crippen LogP contribution in [0.25, 0.3) is 0 Å². The topological polar surface area (TPSA) is 38.1 Å². The van der Waals surface area contributed by atoms with Gasteiger partial charge < -0.3 is 9.47 Å².